The molecule has 1 nitrogen and oxygen atoms in total. The first kappa shape index (κ1) is 11.9. The van der Waals surface area contributed by atoms with Crippen LogP contribution in [0.4, 0.5) is 4.39 Å². The Morgan fingerprint density at radius 3 is 2.64 bits per heavy atom. The van der Waals surface area contributed by atoms with Crippen molar-refractivity contribution in [2.45, 2.75) is 11.8 Å². The van der Waals surface area contributed by atoms with E-state index in [4.69, 9.17) is 0 Å². The van der Waals surface area contributed by atoms with Gasteiger partial charge in [-0.2, -0.15) is 0 Å². The summed E-state index contributed by atoms with van der Waals surface area (Å²) in [5.74, 6) is -0.400. The lowest BCUT2D eigenvalue weighted by atomic mass is 10.0. The molecule has 0 N–H and O–H groups in total. The van der Waals surface area contributed by atoms with Gasteiger partial charge >= 0.3 is 0 Å². The van der Waals surface area contributed by atoms with E-state index in [2.05, 4.69) is 31.9 Å². The fourth-order valence-corrected chi connectivity index (χ4v) is 1.99. The van der Waals surface area contributed by atoms with Crippen LogP contribution < -0.4 is 0 Å². The molecule has 1 rings (SSSR count). The molecule has 0 spiro atoms. The summed E-state index contributed by atoms with van der Waals surface area (Å²) in [7, 11) is 0. The number of hydrogen-bond donors (Lipinski definition) is 0. The Bertz CT molecular complexity index is 339. The molecule has 0 atom stereocenters. The van der Waals surface area contributed by atoms with Crippen molar-refractivity contribution >= 4 is 37.6 Å². The molecule has 0 amide bonds. The van der Waals surface area contributed by atoms with Crippen molar-refractivity contribution in [3.63, 3.8) is 0 Å². The van der Waals surface area contributed by atoms with E-state index in [9.17, 15) is 9.18 Å². The van der Waals surface area contributed by atoms with Crippen molar-refractivity contribution in [2.75, 3.05) is 5.33 Å². The van der Waals surface area contributed by atoms with E-state index in [-0.39, 0.29) is 11.6 Å². The van der Waals surface area contributed by atoms with Crippen LogP contribution in [0.5, 0.6) is 0 Å². The van der Waals surface area contributed by atoms with Gasteiger partial charge in [0, 0.05) is 22.6 Å². The molecule has 0 saturated heterocycles. The Labute approximate surface area is 99.0 Å². The van der Waals surface area contributed by atoms with Crippen molar-refractivity contribution < 1.29 is 9.18 Å². The number of carbonyl (C=O) groups excluding carboxylic acids is 1. The van der Waals surface area contributed by atoms with E-state index in [0.717, 1.165) is 5.56 Å². The van der Waals surface area contributed by atoms with E-state index >= 15 is 0 Å². The fourth-order valence-electron chi connectivity index (χ4n) is 1.15. The summed E-state index contributed by atoms with van der Waals surface area (Å²) in [6, 6.07) is 4.29. The minimum atomic E-state index is -0.368. The lowest BCUT2D eigenvalue weighted by Crippen LogP contribution is -2.04. The van der Waals surface area contributed by atoms with Gasteiger partial charge in [-0.25, -0.2) is 4.39 Å². The molecule has 4 heteroatoms. The highest BCUT2D eigenvalue weighted by Crippen LogP contribution is 2.16. The topological polar surface area (TPSA) is 17.1 Å². The fraction of sp³-hybridized carbons (Fsp3) is 0.300. The molecule has 0 heterocycles. The highest BCUT2D eigenvalue weighted by Gasteiger charge is 2.10. The third-order valence-corrected chi connectivity index (χ3v) is 2.84. The highest BCUT2D eigenvalue weighted by atomic mass is 79.9. The Morgan fingerprint density at radius 2 is 2.07 bits per heavy atom. The van der Waals surface area contributed by atoms with Crippen LogP contribution in [0.25, 0.3) is 0 Å². The van der Waals surface area contributed by atoms with Gasteiger partial charge in [0.2, 0.25) is 0 Å². The molecule has 0 saturated carbocycles. The third-order valence-electron chi connectivity index (χ3n) is 1.84. The van der Waals surface area contributed by atoms with Gasteiger partial charge in [0.05, 0.1) is 0 Å². The van der Waals surface area contributed by atoms with Gasteiger partial charge in [-0.15, -0.1) is 0 Å². The van der Waals surface area contributed by atoms with E-state index in [0.29, 0.717) is 22.6 Å². The molecule has 0 fully saturated rings. The zero-order valence-corrected chi connectivity index (χ0v) is 10.6. The summed E-state index contributed by atoms with van der Waals surface area (Å²) in [5.41, 5.74) is 1.30. The first-order valence-electron chi connectivity index (χ1n) is 4.12. The number of alkyl halides is 2. The highest BCUT2D eigenvalue weighted by molar-refractivity contribution is 9.09. The molecule has 14 heavy (non-hydrogen) atoms. The van der Waals surface area contributed by atoms with Gasteiger partial charge in [0.1, 0.15) is 5.82 Å². The molecular weight excluding hydrogens is 315 g/mol. The second-order valence-corrected chi connectivity index (χ2v) is 4.15. The van der Waals surface area contributed by atoms with Gasteiger partial charge in [0.15, 0.2) is 5.78 Å². The molecule has 0 aliphatic heterocycles. The van der Waals surface area contributed by atoms with Crippen LogP contribution in [0.1, 0.15) is 22.3 Å². The molecule has 76 valence electrons. The van der Waals surface area contributed by atoms with Gasteiger partial charge in [0.25, 0.3) is 0 Å². The average Bonchev–Trinajstić information content (AvgIpc) is 2.18. The zero-order valence-electron chi connectivity index (χ0n) is 7.40. The quantitative estimate of drug-likeness (QED) is 0.610. The summed E-state index contributed by atoms with van der Waals surface area (Å²) in [6.07, 6.45) is 0.392. The smallest absolute Gasteiger partial charge is 0.164 e. The zero-order chi connectivity index (χ0) is 10.6. The van der Waals surface area contributed by atoms with Crippen molar-refractivity contribution in [2.24, 2.45) is 0 Å². The van der Waals surface area contributed by atoms with Crippen molar-refractivity contribution in [1.29, 1.82) is 0 Å². The largest absolute Gasteiger partial charge is 0.294 e. The molecule has 0 radical (unpaired) electrons. The normalized spacial score (nSPS) is 10.2. The van der Waals surface area contributed by atoms with Crippen LogP contribution in [-0.2, 0) is 5.33 Å². The Morgan fingerprint density at radius 1 is 1.36 bits per heavy atom. The predicted octanol–water partition coefficient (Wildman–Crippen LogP) is 3.69. The minimum Gasteiger partial charge on any atom is -0.294 e. The van der Waals surface area contributed by atoms with Crippen molar-refractivity contribution in [1.82, 2.24) is 0 Å². The van der Waals surface area contributed by atoms with Crippen molar-refractivity contribution in [3.8, 4) is 0 Å². The van der Waals surface area contributed by atoms with Crippen LogP contribution in [0.3, 0.4) is 0 Å². The maximum Gasteiger partial charge on any atom is 0.164 e. The second kappa shape index (κ2) is 5.61. The van der Waals surface area contributed by atoms with Crippen LogP contribution in [0, 0.1) is 5.82 Å². The summed E-state index contributed by atoms with van der Waals surface area (Å²) < 4.78 is 12.9. The van der Waals surface area contributed by atoms with Gasteiger partial charge in [-0.1, -0.05) is 37.9 Å². The van der Waals surface area contributed by atoms with Crippen LogP contribution in [-0.4, -0.2) is 11.1 Å². The first-order chi connectivity index (χ1) is 6.69. The van der Waals surface area contributed by atoms with Gasteiger partial charge in [-0.3, -0.25) is 4.79 Å². The molecule has 0 bridgehead atoms. The summed E-state index contributed by atoms with van der Waals surface area (Å²) >= 11 is 6.45. The molecule has 0 aliphatic carbocycles. The maximum absolute atomic E-state index is 12.9. The SMILES string of the molecule is O=C(CCBr)c1cc(F)ccc1CBr. The standard InChI is InChI=1S/C10H9Br2FO/c11-4-3-10(14)9-5-8(13)2-1-7(9)6-12/h1-2,5H,3-4,6H2. The Kier molecular flexibility index (Phi) is 4.75. The van der Waals surface area contributed by atoms with Gasteiger partial charge < -0.3 is 0 Å². The molecule has 0 aliphatic rings. The number of hydrogen-bond acceptors (Lipinski definition) is 1. The van der Waals surface area contributed by atoms with E-state index < -0.39 is 0 Å². The lowest BCUT2D eigenvalue weighted by Gasteiger charge is -2.05. The summed E-state index contributed by atoms with van der Waals surface area (Å²) in [4.78, 5) is 11.6. The van der Waals surface area contributed by atoms with Crippen LogP contribution >= 0.6 is 31.9 Å². The molecule has 0 aromatic heterocycles. The number of ketones is 1. The summed E-state index contributed by atoms with van der Waals surface area (Å²) in [5, 5.41) is 1.17. The maximum atomic E-state index is 12.9. The van der Waals surface area contributed by atoms with Crippen LogP contribution in [0.2, 0.25) is 0 Å². The monoisotopic (exact) mass is 322 g/mol. The molecular formula is C10H9Br2FO. The minimum absolute atomic E-state index is 0.0316. The first-order valence-corrected chi connectivity index (χ1v) is 6.37. The van der Waals surface area contributed by atoms with Crippen LogP contribution in [0.15, 0.2) is 18.2 Å². The number of rotatable bonds is 4. The van der Waals surface area contributed by atoms with E-state index in [1.807, 2.05) is 0 Å². The van der Waals surface area contributed by atoms with Crippen molar-refractivity contribution in [3.05, 3.63) is 35.1 Å². The van der Waals surface area contributed by atoms with Gasteiger partial charge in [-0.05, 0) is 17.7 Å². The third kappa shape index (κ3) is 2.89. The summed E-state index contributed by atoms with van der Waals surface area (Å²) in [6.45, 7) is 0. The lowest BCUT2D eigenvalue weighted by molar-refractivity contribution is 0.0989. The molecule has 0 unspecified atom stereocenters. The Balaban J connectivity index is 3.03. The number of benzene rings is 1. The number of halogens is 3. The molecule has 1 aromatic carbocycles. The number of carbonyl (C=O) groups is 1. The second-order valence-electron chi connectivity index (χ2n) is 2.80. The predicted molar refractivity (Wildman–Crippen MR) is 61.8 cm³/mol. The van der Waals surface area contributed by atoms with E-state index in [1.165, 1.54) is 12.1 Å². The van der Waals surface area contributed by atoms with E-state index in [1.54, 1.807) is 6.07 Å². The molecule has 1 aromatic rings. The Hall–Kier alpha value is -0.220. The number of Topliss-reactive ketones (excluding diaryl/α,β-unsaturated/α-hetero) is 1. The average molecular weight is 324 g/mol.